The van der Waals surface area contributed by atoms with Crippen LogP contribution in [0.1, 0.15) is 0 Å². The summed E-state index contributed by atoms with van der Waals surface area (Å²) in [5, 5.41) is 23.3. The van der Waals surface area contributed by atoms with Crippen molar-refractivity contribution >= 4 is 27.4 Å². The first-order chi connectivity index (χ1) is 11.2. The number of rotatable bonds is 6. The van der Waals surface area contributed by atoms with E-state index in [0.29, 0.717) is 0 Å². The molecule has 27 heavy (non-hydrogen) atoms. The van der Waals surface area contributed by atoms with E-state index in [4.69, 9.17) is 0 Å². The van der Waals surface area contributed by atoms with E-state index in [1.807, 2.05) is 0 Å². The maximum atomic E-state index is 11.1. The van der Waals surface area contributed by atoms with Crippen LogP contribution in [-0.4, -0.2) is 63.4 Å². The summed E-state index contributed by atoms with van der Waals surface area (Å²) in [5.41, 5.74) is 0. The molecule has 12 nitrogen and oxygen atoms in total. The predicted octanol–water partition coefficient (Wildman–Crippen LogP) is -6.67. The van der Waals surface area contributed by atoms with Gasteiger partial charge in [0.25, 0.3) is 0 Å². The Balaban J connectivity index is -0.000000450. The molecule has 2 heterocycles. The zero-order chi connectivity index (χ0) is 18.3. The van der Waals surface area contributed by atoms with Gasteiger partial charge >= 0.3 is 31.1 Å². The van der Waals surface area contributed by atoms with Crippen LogP contribution in [0.25, 0.3) is 0 Å². The Labute approximate surface area is 184 Å². The van der Waals surface area contributed by atoms with Gasteiger partial charge in [-0.2, -0.15) is 0 Å². The number of aromatic nitrogens is 2. The number of hydrogen-bond donors (Lipinski definition) is 2. The molecule has 17 heteroatoms. The Morgan fingerprint density at radius 3 is 2.11 bits per heavy atom. The fourth-order valence-electron chi connectivity index (χ4n) is 1.72. The summed E-state index contributed by atoms with van der Waals surface area (Å²) in [6.45, 7) is 0. The Bertz CT molecular complexity index is 679. The maximum Gasteiger partial charge on any atom is 2.00 e. The largest absolute Gasteiger partial charge is 2.00 e. The molecule has 1 aromatic rings. The van der Waals surface area contributed by atoms with E-state index in [9.17, 15) is 28.6 Å². The van der Waals surface area contributed by atoms with E-state index in [0.717, 1.165) is 6.20 Å². The first-order valence-electron chi connectivity index (χ1n) is 6.32. The molecule has 0 saturated heterocycles. The van der Waals surface area contributed by atoms with E-state index in [2.05, 4.69) is 15.3 Å². The molecule has 156 valence electrons. The van der Waals surface area contributed by atoms with Gasteiger partial charge in [0.05, 0.1) is 22.8 Å². The predicted molar refractivity (Wildman–Crippen MR) is 86.9 cm³/mol. The Kier molecular flexibility index (Phi) is 16.8. The molecule has 3 atom stereocenters. The molecular weight excluding hydrogens is 536 g/mol. The Morgan fingerprint density at radius 2 is 1.78 bits per heavy atom. The van der Waals surface area contributed by atoms with E-state index in [1.54, 1.807) is 0 Å². The fourth-order valence-corrected chi connectivity index (χ4v) is 3.15. The molecule has 0 saturated carbocycles. The van der Waals surface area contributed by atoms with E-state index >= 15 is 0 Å². The van der Waals surface area contributed by atoms with Gasteiger partial charge < -0.3 is 50.4 Å². The van der Waals surface area contributed by atoms with Crippen molar-refractivity contribution in [3.63, 3.8) is 0 Å². The van der Waals surface area contributed by atoms with E-state index in [-0.39, 0.29) is 67.6 Å². The molecule has 2 N–H and O–H groups in total. The topological polar surface area (TPSA) is 164 Å². The molecule has 0 spiro atoms. The summed E-state index contributed by atoms with van der Waals surface area (Å²) in [6, 6.07) is 0. The van der Waals surface area contributed by atoms with Gasteiger partial charge in [-0.1, -0.05) is 0 Å². The van der Waals surface area contributed by atoms with Gasteiger partial charge in [-0.15, -0.1) is 0 Å². The number of nitrogens with zero attached hydrogens (tertiary/aromatic N) is 4. The summed E-state index contributed by atoms with van der Waals surface area (Å²) in [7, 11) is -2.26. The molecule has 0 aromatic carbocycles. The zero-order valence-corrected chi connectivity index (χ0v) is 18.8. The number of H-pyrrole nitrogens is 1. The van der Waals surface area contributed by atoms with Gasteiger partial charge in [0, 0.05) is 23.3 Å². The quantitative estimate of drug-likeness (QED) is 0.198. The summed E-state index contributed by atoms with van der Waals surface area (Å²) in [6.07, 6.45) is 6.24. The Morgan fingerprint density at radius 1 is 1.19 bits per heavy atom. The second kappa shape index (κ2) is 14.9. The molecule has 1 aliphatic rings. The summed E-state index contributed by atoms with van der Waals surface area (Å²) < 4.78 is 22.2. The molecule has 2 unspecified atom stereocenters. The van der Waals surface area contributed by atoms with E-state index in [1.165, 1.54) is 29.9 Å². The van der Waals surface area contributed by atoms with Crippen molar-refractivity contribution in [2.45, 2.75) is 6.17 Å². The third-order valence-corrected chi connectivity index (χ3v) is 4.08. The molecule has 0 amide bonds. The van der Waals surface area contributed by atoms with Crippen molar-refractivity contribution in [2.75, 3.05) is 24.1 Å². The minimum absolute atomic E-state index is 0. The van der Waals surface area contributed by atoms with Gasteiger partial charge in [0.15, 0.2) is 18.4 Å². The standard InChI is InChI=1S/C7H13N3O4S2.C3H3N3O2.2ClH.Ru/c1-15(13)4-6-8-3-7(10(11)12)9(6)5-16(2)14;7-6(8)3-1-4-2-5-3;;;/h3,6,8H,4-5H2,1-2H3;1-2H,(H,4,5);2*1H;/q;;;;+2/p-2/t6?,15?,16-;;;;/m0..../s1. The third kappa shape index (κ3) is 10.7. The number of imidazole rings is 1. The van der Waals surface area contributed by atoms with Crippen molar-refractivity contribution in [1.29, 1.82) is 0 Å². The molecule has 0 aliphatic carbocycles. The van der Waals surface area contributed by atoms with Crippen LogP contribution in [0, 0.1) is 20.2 Å². The first-order valence-corrected chi connectivity index (χ1v) is 9.78. The minimum atomic E-state index is -1.19. The fraction of sp³-hybridized carbons (Fsp3) is 0.500. The summed E-state index contributed by atoms with van der Waals surface area (Å²) >= 11 is 0. The number of nitrogens with one attached hydrogen (secondary N) is 2. The maximum absolute atomic E-state index is 11.1. The van der Waals surface area contributed by atoms with Crippen LogP contribution < -0.4 is 30.1 Å². The SMILES string of the molecule is CS(=O)CC1NC=C([N+](=O)[O-])N1C[S@](C)=O.O=[N+]([O-])c1cnc[nH]1.[Cl-].[Cl-].[Ru+2]. The normalized spacial score (nSPS) is 16.6. The molecule has 0 fully saturated rings. The van der Waals surface area contributed by atoms with Crippen molar-refractivity contribution in [1.82, 2.24) is 20.2 Å². The van der Waals surface area contributed by atoms with Crippen molar-refractivity contribution < 1.29 is 62.6 Å². The smallest absolute Gasteiger partial charge is 1.00 e. The van der Waals surface area contributed by atoms with Gasteiger partial charge in [-0.3, -0.25) is 8.42 Å². The number of aromatic amines is 1. The molecule has 2 rings (SSSR count). The van der Waals surface area contributed by atoms with Gasteiger partial charge in [0.1, 0.15) is 6.20 Å². The monoisotopic (exact) mass is 552 g/mol. The van der Waals surface area contributed by atoms with Crippen LogP contribution in [0.15, 0.2) is 24.5 Å². The number of nitro groups is 2. The van der Waals surface area contributed by atoms with Crippen LogP contribution in [0.2, 0.25) is 0 Å². The molecule has 0 bridgehead atoms. The van der Waals surface area contributed by atoms with Gasteiger partial charge in [0.2, 0.25) is 0 Å². The number of halogens is 2. The minimum Gasteiger partial charge on any atom is -1.00 e. The van der Waals surface area contributed by atoms with E-state index < -0.39 is 37.6 Å². The second-order valence-electron chi connectivity index (χ2n) is 4.55. The van der Waals surface area contributed by atoms with Crippen LogP contribution in [0.3, 0.4) is 0 Å². The van der Waals surface area contributed by atoms with Gasteiger partial charge in [-0.05, 0) is 9.85 Å². The first kappa shape index (κ1) is 30.6. The third-order valence-electron chi connectivity index (χ3n) is 2.66. The van der Waals surface area contributed by atoms with Crippen LogP contribution in [-0.2, 0) is 41.1 Å². The summed E-state index contributed by atoms with van der Waals surface area (Å²) in [4.78, 5) is 26.6. The van der Waals surface area contributed by atoms with Crippen molar-refractivity contribution in [3.05, 3.63) is 44.8 Å². The van der Waals surface area contributed by atoms with Crippen LogP contribution in [0.5, 0.6) is 0 Å². The number of hydrogen-bond acceptors (Lipinski definition) is 9. The molecule has 1 aromatic heterocycles. The average Bonchev–Trinajstić information content (AvgIpc) is 3.09. The zero-order valence-electron chi connectivity index (χ0n) is 13.9. The summed E-state index contributed by atoms with van der Waals surface area (Å²) in [5.74, 6) is 0.0999. The molecule has 1 aliphatic heterocycles. The Hall–Kier alpha value is -1.15. The average molecular weight is 552 g/mol. The second-order valence-corrected chi connectivity index (χ2v) is 7.43. The van der Waals surface area contributed by atoms with Crippen molar-refractivity contribution in [2.24, 2.45) is 0 Å². The molecular formula is C10H16Cl2N6O6RuS2. The van der Waals surface area contributed by atoms with Crippen LogP contribution in [0.4, 0.5) is 5.82 Å². The van der Waals surface area contributed by atoms with Gasteiger partial charge in [-0.25, -0.2) is 14.9 Å². The van der Waals surface area contributed by atoms with Crippen molar-refractivity contribution in [3.8, 4) is 0 Å². The molecule has 0 radical (unpaired) electrons. The van der Waals surface area contributed by atoms with Crippen LogP contribution >= 0.6 is 0 Å².